The monoisotopic (exact) mass is 269 g/mol. The molecule has 1 aliphatic rings. The largest absolute Gasteiger partial charge is 0.306 e. The van der Waals surface area contributed by atoms with E-state index in [1.54, 1.807) is 0 Å². The highest BCUT2D eigenvalue weighted by molar-refractivity contribution is 5.99. The smallest absolute Gasteiger partial charge is 0.163 e. The number of carbonyl (C=O) groups is 1. The molecule has 0 radical (unpaired) electrons. The molecule has 1 heterocycles. The number of hydrogen-bond acceptors (Lipinski definition) is 2. The van der Waals surface area contributed by atoms with Gasteiger partial charge >= 0.3 is 0 Å². The molecule has 0 spiro atoms. The summed E-state index contributed by atoms with van der Waals surface area (Å²) < 4.78 is 0. The van der Waals surface area contributed by atoms with Gasteiger partial charge in [0.15, 0.2) is 5.78 Å². The second-order valence-corrected chi connectivity index (χ2v) is 6.21. The second-order valence-electron chi connectivity index (χ2n) is 6.21. The summed E-state index contributed by atoms with van der Waals surface area (Å²) >= 11 is 0. The van der Waals surface area contributed by atoms with Crippen LogP contribution in [0.2, 0.25) is 0 Å². The van der Waals surface area contributed by atoms with Gasteiger partial charge in [-0.15, -0.1) is 0 Å². The van der Waals surface area contributed by atoms with Gasteiger partial charge in [0.1, 0.15) is 0 Å². The van der Waals surface area contributed by atoms with Crippen molar-refractivity contribution >= 4 is 5.78 Å². The van der Waals surface area contributed by atoms with Crippen LogP contribution in [0.5, 0.6) is 0 Å². The summed E-state index contributed by atoms with van der Waals surface area (Å²) in [5, 5.41) is 0. The van der Waals surface area contributed by atoms with Crippen molar-refractivity contribution in [2.24, 2.45) is 5.41 Å². The van der Waals surface area contributed by atoms with E-state index in [-0.39, 0.29) is 11.2 Å². The lowest BCUT2D eigenvalue weighted by Gasteiger charge is -2.17. The van der Waals surface area contributed by atoms with E-state index in [2.05, 4.69) is 11.9 Å². The topological polar surface area (TPSA) is 20.3 Å². The number of rotatable bonds is 1. The van der Waals surface area contributed by atoms with Crippen LogP contribution in [0.4, 0.5) is 0 Å². The molecule has 0 aliphatic carbocycles. The van der Waals surface area contributed by atoms with Gasteiger partial charge < -0.3 is 4.90 Å². The van der Waals surface area contributed by atoms with E-state index in [0.717, 1.165) is 11.1 Å². The van der Waals surface area contributed by atoms with Crippen molar-refractivity contribution < 1.29 is 4.79 Å². The summed E-state index contributed by atoms with van der Waals surface area (Å²) in [4.78, 5) is 13.9. The minimum Gasteiger partial charge on any atom is -0.306 e. The molecule has 114 valence electrons. The molecule has 0 bridgehead atoms. The maximum atomic E-state index is 11.5. The number of allylic oxidation sites excluding steroid dienone is 2. The van der Waals surface area contributed by atoms with E-state index in [0.29, 0.717) is 0 Å². The fraction of sp³-hybridized carbons (Fsp3) is 0.824. The Bertz CT molecular complexity index is 274. The molecule has 0 aromatic heterocycles. The molecule has 0 saturated carbocycles. The SMILES string of the molecule is CC.CC(C)=C(C)C(=O)C(C)(C)C.CN1CCCC1. The highest BCUT2D eigenvalue weighted by Gasteiger charge is 2.22. The number of carbonyl (C=O) groups excluding carboxylic acids is 1. The van der Waals surface area contributed by atoms with E-state index >= 15 is 0 Å². The van der Waals surface area contributed by atoms with Gasteiger partial charge in [-0.05, 0) is 59.3 Å². The van der Waals surface area contributed by atoms with Crippen molar-refractivity contribution in [1.82, 2.24) is 4.90 Å². The quantitative estimate of drug-likeness (QED) is 0.643. The molecular weight excluding hydrogens is 234 g/mol. The highest BCUT2D eigenvalue weighted by atomic mass is 16.1. The molecule has 1 fully saturated rings. The minimum absolute atomic E-state index is 0.235. The Morgan fingerprint density at radius 2 is 1.32 bits per heavy atom. The van der Waals surface area contributed by atoms with E-state index < -0.39 is 0 Å². The zero-order valence-electron chi connectivity index (χ0n) is 14.7. The summed E-state index contributed by atoms with van der Waals surface area (Å²) in [5.41, 5.74) is 1.78. The van der Waals surface area contributed by atoms with Crippen molar-refractivity contribution in [2.75, 3.05) is 20.1 Å². The van der Waals surface area contributed by atoms with Gasteiger partial charge in [0.25, 0.3) is 0 Å². The normalized spacial score (nSPS) is 14.8. The lowest BCUT2D eigenvalue weighted by atomic mass is 9.85. The fourth-order valence-corrected chi connectivity index (χ4v) is 1.66. The summed E-state index contributed by atoms with van der Waals surface area (Å²) in [6.45, 7) is 18.3. The first kappa shape index (κ1) is 20.7. The third kappa shape index (κ3) is 9.89. The Kier molecular flexibility index (Phi) is 11.1. The Labute approximate surface area is 121 Å². The third-order valence-electron chi connectivity index (χ3n) is 3.10. The molecule has 0 aromatic carbocycles. The molecule has 0 atom stereocenters. The standard InChI is InChI=1S/C10H18O.C5H11N.C2H6/c1-7(2)8(3)9(11)10(4,5)6;1-6-4-2-3-5-6;1-2/h1-6H3;2-5H2,1H3;1-2H3. The Morgan fingerprint density at radius 1 is 0.947 bits per heavy atom. The number of nitrogens with zero attached hydrogens (tertiary/aromatic N) is 1. The lowest BCUT2D eigenvalue weighted by molar-refractivity contribution is -0.122. The molecule has 1 aliphatic heterocycles. The number of likely N-dealkylation sites (tertiary alicyclic amines) is 1. The molecule has 0 unspecified atom stereocenters. The number of Topliss-reactive ketones (excluding diaryl/α,β-unsaturated/α-hetero) is 1. The van der Waals surface area contributed by atoms with E-state index in [1.807, 2.05) is 55.4 Å². The fourth-order valence-electron chi connectivity index (χ4n) is 1.66. The Balaban J connectivity index is 0. The van der Waals surface area contributed by atoms with E-state index in [1.165, 1.54) is 25.9 Å². The lowest BCUT2D eigenvalue weighted by Crippen LogP contribution is -2.21. The van der Waals surface area contributed by atoms with Crippen molar-refractivity contribution in [2.45, 2.75) is 68.2 Å². The van der Waals surface area contributed by atoms with Crippen molar-refractivity contribution in [3.8, 4) is 0 Å². The number of hydrogen-bond donors (Lipinski definition) is 0. The van der Waals surface area contributed by atoms with Gasteiger partial charge in [-0.3, -0.25) is 4.79 Å². The second kappa shape index (κ2) is 10.2. The summed E-state index contributed by atoms with van der Waals surface area (Å²) in [5.74, 6) is 0.248. The average Bonchev–Trinajstić information content (AvgIpc) is 2.80. The Hall–Kier alpha value is -0.630. The van der Waals surface area contributed by atoms with Crippen LogP contribution in [0.3, 0.4) is 0 Å². The predicted octanol–water partition coefficient (Wildman–Crippen LogP) is 4.70. The average molecular weight is 269 g/mol. The van der Waals surface area contributed by atoms with Crippen LogP contribution in [-0.4, -0.2) is 30.8 Å². The first-order valence-electron chi connectivity index (χ1n) is 7.53. The van der Waals surface area contributed by atoms with Crippen LogP contribution < -0.4 is 0 Å². The first-order chi connectivity index (χ1) is 8.66. The molecule has 2 heteroatoms. The van der Waals surface area contributed by atoms with Gasteiger partial charge in [-0.1, -0.05) is 40.2 Å². The third-order valence-corrected chi connectivity index (χ3v) is 3.10. The summed E-state index contributed by atoms with van der Waals surface area (Å²) in [6, 6.07) is 0. The molecule has 19 heavy (non-hydrogen) atoms. The zero-order chi connectivity index (χ0) is 15.6. The van der Waals surface area contributed by atoms with Crippen LogP contribution in [0.1, 0.15) is 68.2 Å². The predicted molar refractivity (Wildman–Crippen MR) is 86.6 cm³/mol. The van der Waals surface area contributed by atoms with Crippen LogP contribution in [0.25, 0.3) is 0 Å². The number of ketones is 1. The summed E-state index contributed by atoms with van der Waals surface area (Å²) in [6.07, 6.45) is 2.83. The van der Waals surface area contributed by atoms with Gasteiger partial charge in [-0.25, -0.2) is 0 Å². The van der Waals surface area contributed by atoms with Crippen LogP contribution in [-0.2, 0) is 4.79 Å². The van der Waals surface area contributed by atoms with E-state index in [9.17, 15) is 4.79 Å². The van der Waals surface area contributed by atoms with Crippen LogP contribution in [0.15, 0.2) is 11.1 Å². The van der Waals surface area contributed by atoms with Crippen LogP contribution >= 0.6 is 0 Å². The maximum absolute atomic E-state index is 11.5. The maximum Gasteiger partial charge on any atom is 0.163 e. The van der Waals surface area contributed by atoms with Crippen molar-refractivity contribution in [3.05, 3.63) is 11.1 Å². The minimum atomic E-state index is -0.235. The van der Waals surface area contributed by atoms with Gasteiger partial charge in [0, 0.05) is 5.41 Å². The van der Waals surface area contributed by atoms with E-state index in [4.69, 9.17) is 0 Å². The zero-order valence-corrected chi connectivity index (χ0v) is 14.7. The highest BCUT2D eigenvalue weighted by Crippen LogP contribution is 2.21. The van der Waals surface area contributed by atoms with Gasteiger partial charge in [-0.2, -0.15) is 0 Å². The molecule has 1 rings (SSSR count). The van der Waals surface area contributed by atoms with Crippen molar-refractivity contribution in [1.29, 1.82) is 0 Å². The molecular formula is C17H35NO. The van der Waals surface area contributed by atoms with Crippen LogP contribution in [0, 0.1) is 5.41 Å². The molecule has 0 amide bonds. The van der Waals surface area contributed by atoms with Gasteiger partial charge in [0.2, 0.25) is 0 Å². The Morgan fingerprint density at radius 3 is 1.42 bits per heavy atom. The molecule has 2 nitrogen and oxygen atoms in total. The molecule has 0 N–H and O–H groups in total. The first-order valence-corrected chi connectivity index (χ1v) is 7.53. The molecule has 0 aromatic rings. The van der Waals surface area contributed by atoms with Crippen molar-refractivity contribution in [3.63, 3.8) is 0 Å². The molecule has 1 saturated heterocycles. The van der Waals surface area contributed by atoms with Gasteiger partial charge in [0.05, 0.1) is 0 Å². The summed E-state index contributed by atoms with van der Waals surface area (Å²) in [7, 11) is 2.17.